The summed E-state index contributed by atoms with van der Waals surface area (Å²) in [7, 11) is 2.98. The van der Waals surface area contributed by atoms with Gasteiger partial charge < -0.3 is 19.8 Å². The minimum Gasteiger partial charge on any atom is -0.493 e. The van der Waals surface area contributed by atoms with E-state index in [0.717, 1.165) is 12.8 Å². The normalized spacial score (nSPS) is 12.0. The second-order valence-corrected chi connectivity index (χ2v) is 6.83. The van der Waals surface area contributed by atoms with Crippen LogP contribution in [0.3, 0.4) is 0 Å². The summed E-state index contributed by atoms with van der Waals surface area (Å²) in [4.78, 5) is 39.5. The van der Waals surface area contributed by atoms with E-state index < -0.39 is 5.69 Å². The number of aromatic nitrogens is 2. The molecule has 8 nitrogen and oxygen atoms in total. The summed E-state index contributed by atoms with van der Waals surface area (Å²) >= 11 is 0. The lowest BCUT2D eigenvalue weighted by Gasteiger charge is -2.11. The molecule has 0 spiro atoms. The SMILES string of the molecule is CC[C@@H](C)NC(=O)CCCCCn1c(=O)[nH]c2cc(OC)c(OC)cc2c1=O. The third-order valence-electron chi connectivity index (χ3n) is 4.79. The Morgan fingerprint density at radius 2 is 1.82 bits per heavy atom. The van der Waals surface area contributed by atoms with Crippen LogP contribution >= 0.6 is 0 Å². The molecule has 1 aromatic heterocycles. The van der Waals surface area contributed by atoms with Crippen LogP contribution in [-0.4, -0.2) is 35.7 Å². The first-order chi connectivity index (χ1) is 13.4. The smallest absolute Gasteiger partial charge is 0.328 e. The Morgan fingerprint density at radius 1 is 1.14 bits per heavy atom. The van der Waals surface area contributed by atoms with E-state index >= 15 is 0 Å². The van der Waals surface area contributed by atoms with Gasteiger partial charge in [-0.05, 0) is 32.3 Å². The molecule has 2 rings (SSSR count). The van der Waals surface area contributed by atoms with Crippen molar-refractivity contribution in [2.24, 2.45) is 0 Å². The van der Waals surface area contributed by atoms with Gasteiger partial charge in [-0.15, -0.1) is 0 Å². The van der Waals surface area contributed by atoms with Gasteiger partial charge in [0, 0.05) is 25.1 Å². The number of amides is 1. The summed E-state index contributed by atoms with van der Waals surface area (Å²) in [6, 6.07) is 3.33. The first kappa shape index (κ1) is 21.5. The van der Waals surface area contributed by atoms with Gasteiger partial charge in [-0.25, -0.2) is 4.79 Å². The van der Waals surface area contributed by atoms with Crippen LogP contribution in [0, 0.1) is 0 Å². The minimum atomic E-state index is -0.459. The molecule has 0 saturated heterocycles. The Bertz CT molecular complexity index is 932. The highest BCUT2D eigenvalue weighted by Gasteiger charge is 2.13. The zero-order chi connectivity index (χ0) is 20.7. The molecule has 0 aliphatic heterocycles. The highest BCUT2D eigenvalue weighted by atomic mass is 16.5. The molecule has 0 aliphatic rings. The lowest BCUT2D eigenvalue weighted by atomic mass is 10.1. The average Bonchev–Trinajstić information content (AvgIpc) is 2.68. The zero-order valence-corrected chi connectivity index (χ0v) is 17.0. The summed E-state index contributed by atoms with van der Waals surface area (Å²) in [6.45, 7) is 4.29. The first-order valence-electron chi connectivity index (χ1n) is 9.59. The van der Waals surface area contributed by atoms with Crippen molar-refractivity contribution in [1.82, 2.24) is 14.9 Å². The highest BCUT2D eigenvalue weighted by Crippen LogP contribution is 2.29. The van der Waals surface area contributed by atoms with Gasteiger partial charge in [0.1, 0.15) is 0 Å². The van der Waals surface area contributed by atoms with Crippen LogP contribution in [0.2, 0.25) is 0 Å². The van der Waals surface area contributed by atoms with Crippen molar-refractivity contribution >= 4 is 16.8 Å². The van der Waals surface area contributed by atoms with Crippen LogP contribution in [0.1, 0.15) is 46.0 Å². The molecule has 1 heterocycles. The summed E-state index contributed by atoms with van der Waals surface area (Å²) in [5.41, 5.74) is -0.418. The van der Waals surface area contributed by atoms with Crippen LogP contribution in [-0.2, 0) is 11.3 Å². The largest absolute Gasteiger partial charge is 0.493 e. The quantitative estimate of drug-likeness (QED) is 0.605. The maximum absolute atomic E-state index is 12.7. The van der Waals surface area contributed by atoms with Crippen LogP contribution in [0.4, 0.5) is 0 Å². The number of aromatic amines is 1. The fourth-order valence-electron chi connectivity index (χ4n) is 2.96. The van der Waals surface area contributed by atoms with Crippen molar-refractivity contribution < 1.29 is 14.3 Å². The van der Waals surface area contributed by atoms with E-state index in [1.165, 1.54) is 18.8 Å². The Balaban J connectivity index is 2.04. The van der Waals surface area contributed by atoms with Gasteiger partial charge in [-0.1, -0.05) is 13.3 Å². The van der Waals surface area contributed by atoms with E-state index in [4.69, 9.17) is 9.47 Å². The van der Waals surface area contributed by atoms with Crippen molar-refractivity contribution in [1.29, 1.82) is 0 Å². The number of benzene rings is 1. The molecule has 1 amide bonds. The van der Waals surface area contributed by atoms with Gasteiger partial charge in [0.05, 0.1) is 25.1 Å². The molecule has 154 valence electrons. The van der Waals surface area contributed by atoms with Crippen LogP contribution in [0.5, 0.6) is 11.5 Å². The van der Waals surface area contributed by atoms with Gasteiger partial charge in [-0.3, -0.25) is 14.2 Å². The van der Waals surface area contributed by atoms with E-state index in [-0.39, 0.29) is 17.5 Å². The first-order valence-corrected chi connectivity index (χ1v) is 9.59. The summed E-state index contributed by atoms with van der Waals surface area (Å²) in [6.07, 6.45) is 3.45. The van der Waals surface area contributed by atoms with Gasteiger partial charge in [0.2, 0.25) is 5.91 Å². The van der Waals surface area contributed by atoms with E-state index in [0.29, 0.717) is 48.2 Å². The third-order valence-corrected chi connectivity index (χ3v) is 4.79. The molecule has 0 aliphatic carbocycles. The summed E-state index contributed by atoms with van der Waals surface area (Å²) < 4.78 is 11.6. The van der Waals surface area contributed by atoms with E-state index in [2.05, 4.69) is 10.3 Å². The summed E-state index contributed by atoms with van der Waals surface area (Å²) in [5.74, 6) is 0.910. The molecule has 8 heteroatoms. The van der Waals surface area contributed by atoms with Crippen molar-refractivity contribution in [2.75, 3.05) is 14.2 Å². The molecule has 0 saturated carbocycles. The zero-order valence-electron chi connectivity index (χ0n) is 17.0. The monoisotopic (exact) mass is 391 g/mol. The standard InChI is InChI=1S/C20H29N3O5/c1-5-13(2)21-18(24)9-7-6-8-10-23-19(25)14-11-16(27-3)17(28-4)12-15(14)22-20(23)26/h11-13H,5-10H2,1-4H3,(H,21,24)(H,22,26)/t13-/m1/s1. The van der Waals surface area contributed by atoms with E-state index in [1.807, 2.05) is 13.8 Å². The van der Waals surface area contributed by atoms with Crippen molar-refractivity contribution in [2.45, 2.75) is 58.5 Å². The number of nitrogens with one attached hydrogen (secondary N) is 2. The number of unbranched alkanes of at least 4 members (excludes halogenated alkanes) is 2. The van der Waals surface area contributed by atoms with Gasteiger partial charge in [0.25, 0.3) is 5.56 Å². The molecule has 0 unspecified atom stereocenters. The number of ether oxygens (including phenoxy) is 2. The number of nitrogens with zero attached hydrogens (tertiary/aromatic N) is 1. The second kappa shape index (κ2) is 9.96. The Kier molecular flexibility index (Phi) is 7.66. The number of H-pyrrole nitrogens is 1. The van der Waals surface area contributed by atoms with Gasteiger partial charge >= 0.3 is 5.69 Å². The average molecular weight is 391 g/mol. The minimum absolute atomic E-state index is 0.0381. The topological polar surface area (TPSA) is 102 Å². The second-order valence-electron chi connectivity index (χ2n) is 6.83. The number of fused-ring (bicyclic) bond motifs is 1. The molecule has 1 aromatic carbocycles. The van der Waals surface area contributed by atoms with Gasteiger partial charge in [0.15, 0.2) is 11.5 Å². The molecule has 0 radical (unpaired) electrons. The fraction of sp³-hybridized carbons (Fsp3) is 0.550. The lowest BCUT2D eigenvalue weighted by Crippen LogP contribution is -2.35. The third kappa shape index (κ3) is 5.15. The number of carbonyl (C=O) groups excluding carboxylic acids is 1. The lowest BCUT2D eigenvalue weighted by molar-refractivity contribution is -0.121. The number of carbonyl (C=O) groups is 1. The van der Waals surface area contributed by atoms with Crippen LogP contribution < -0.4 is 26.0 Å². The van der Waals surface area contributed by atoms with Gasteiger partial charge in [-0.2, -0.15) is 0 Å². The summed E-state index contributed by atoms with van der Waals surface area (Å²) in [5, 5.41) is 3.29. The number of rotatable bonds is 10. The van der Waals surface area contributed by atoms with Crippen molar-refractivity contribution in [3.05, 3.63) is 33.0 Å². The predicted octanol–water partition coefficient (Wildman–Crippen LogP) is 2.18. The molecule has 0 fully saturated rings. The van der Waals surface area contributed by atoms with E-state index in [9.17, 15) is 14.4 Å². The molecule has 1 atom stereocenters. The maximum Gasteiger partial charge on any atom is 0.328 e. The molecule has 28 heavy (non-hydrogen) atoms. The fourth-order valence-corrected chi connectivity index (χ4v) is 2.96. The number of hydrogen-bond acceptors (Lipinski definition) is 5. The number of hydrogen-bond donors (Lipinski definition) is 2. The molecule has 0 bridgehead atoms. The predicted molar refractivity (Wildman–Crippen MR) is 108 cm³/mol. The molecule has 2 aromatic rings. The Morgan fingerprint density at radius 3 is 2.46 bits per heavy atom. The Labute approximate surface area is 163 Å². The van der Waals surface area contributed by atoms with Crippen molar-refractivity contribution in [3.8, 4) is 11.5 Å². The van der Waals surface area contributed by atoms with Crippen molar-refractivity contribution in [3.63, 3.8) is 0 Å². The van der Waals surface area contributed by atoms with Crippen LogP contribution in [0.15, 0.2) is 21.7 Å². The van der Waals surface area contributed by atoms with Crippen LogP contribution in [0.25, 0.3) is 10.9 Å². The maximum atomic E-state index is 12.7. The highest BCUT2D eigenvalue weighted by molar-refractivity contribution is 5.81. The molecular weight excluding hydrogens is 362 g/mol. The van der Waals surface area contributed by atoms with E-state index in [1.54, 1.807) is 12.1 Å². The molecular formula is C20H29N3O5. The number of methoxy groups -OCH3 is 2. The Hall–Kier alpha value is -2.77. The molecule has 2 N–H and O–H groups in total.